The molecule has 1 heterocycles. The molecule has 6 nitrogen and oxygen atoms in total. The van der Waals surface area contributed by atoms with Gasteiger partial charge in [-0.2, -0.15) is 4.31 Å². The highest BCUT2D eigenvalue weighted by Gasteiger charge is 2.28. The zero-order valence-corrected chi connectivity index (χ0v) is 19.3. The Hall–Kier alpha value is -2.38. The van der Waals surface area contributed by atoms with Crippen molar-refractivity contribution in [2.75, 3.05) is 20.2 Å². The minimum absolute atomic E-state index is 0.125. The van der Waals surface area contributed by atoms with Gasteiger partial charge in [0.25, 0.3) is 5.91 Å². The molecular weight excluding hydrogens is 412 g/mol. The second-order valence-corrected chi connectivity index (χ2v) is 10.3. The van der Waals surface area contributed by atoms with Gasteiger partial charge >= 0.3 is 0 Å². The molecular formula is C24H32N2O4S. The van der Waals surface area contributed by atoms with Crippen LogP contribution in [0.1, 0.15) is 61.5 Å². The first kappa shape index (κ1) is 23.3. The maximum atomic E-state index is 13.2. The van der Waals surface area contributed by atoms with Crippen molar-refractivity contribution >= 4 is 15.9 Å². The summed E-state index contributed by atoms with van der Waals surface area (Å²) < 4.78 is 33.1. The molecule has 0 saturated carbocycles. The number of rotatable bonds is 8. The minimum Gasteiger partial charge on any atom is -0.496 e. The predicted molar refractivity (Wildman–Crippen MR) is 122 cm³/mol. The van der Waals surface area contributed by atoms with Crippen LogP contribution in [0.5, 0.6) is 5.75 Å². The summed E-state index contributed by atoms with van der Waals surface area (Å²) in [7, 11) is -2.17. The quantitative estimate of drug-likeness (QED) is 0.655. The standard InChI is InChI=1S/C24H32N2O4S/c1-18(2)16-22(19-10-6-4-7-11-19)25-24(27)21-17-20(12-13-23(21)30-3)31(28,29)26-14-8-5-9-15-26/h4,6-7,10-13,17-18,22H,5,8-9,14-16H2,1-3H3,(H,25,27). The van der Waals surface area contributed by atoms with E-state index >= 15 is 0 Å². The van der Waals surface area contributed by atoms with Crippen molar-refractivity contribution in [1.29, 1.82) is 0 Å². The molecule has 1 aliphatic heterocycles. The lowest BCUT2D eigenvalue weighted by molar-refractivity contribution is 0.0928. The first-order valence-corrected chi connectivity index (χ1v) is 12.3. The molecule has 31 heavy (non-hydrogen) atoms. The summed E-state index contributed by atoms with van der Waals surface area (Å²) in [5.41, 5.74) is 1.24. The van der Waals surface area contributed by atoms with E-state index in [2.05, 4.69) is 19.2 Å². The van der Waals surface area contributed by atoms with Crippen LogP contribution in [0.25, 0.3) is 0 Å². The van der Waals surface area contributed by atoms with E-state index in [-0.39, 0.29) is 22.4 Å². The third-order valence-corrected chi connectivity index (χ3v) is 7.48. The fourth-order valence-corrected chi connectivity index (χ4v) is 5.49. The lowest BCUT2D eigenvalue weighted by Crippen LogP contribution is -2.36. The van der Waals surface area contributed by atoms with Crippen LogP contribution in [-0.4, -0.2) is 38.8 Å². The van der Waals surface area contributed by atoms with Crippen molar-refractivity contribution in [3.63, 3.8) is 0 Å². The van der Waals surface area contributed by atoms with Crippen LogP contribution in [-0.2, 0) is 10.0 Å². The largest absolute Gasteiger partial charge is 0.496 e. The second-order valence-electron chi connectivity index (χ2n) is 8.39. The molecule has 7 heteroatoms. The molecule has 0 radical (unpaired) electrons. The van der Waals surface area contributed by atoms with Gasteiger partial charge in [-0.1, -0.05) is 50.6 Å². The summed E-state index contributed by atoms with van der Waals surface area (Å²) in [6.45, 7) is 5.24. The second kappa shape index (κ2) is 10.3. The van der Waals surface area contributed by atoms with E-state index in [9.17, 15) is 13.2 Å². The molecule has 0 aromatic heterocycles. The highest BCUT2D eigenvalue weighted by molar-refractivity contribution is 7.89. The summed E-state index contributed by atoms with van der Waals surface area (Å²) in [5, 5.41) is 3.09. The SMILES string of the molecule is COc1ccc(S(=O)(=O)N2CCCCC2)cc1C(=O)NC(CC(C)C)c1ccccc1. The number of carbonyl (C=O) groups excluding carboxylic acids is 1. The van der Waals surface area contributed by atoms with Crippen molar-refractivity contribution in [2.45, 2.75) is 50.5 Å². The van der Waals surface area contributed by atoms with Crippen LogP contribution >= 0.6 is 0 Å². The molecule has 1 unspecified atom stereocenters. The van der Waals surface area contributed by atoms with Gasteiger partial charge in [0.1, 0.15) is 5.75 Å². The molecule has 0 spiro atoms. The van der Waals surface area contributed by atoms with E-state index in [1.54, 1.807) is 6.07 Å². The number of ether oxygens (including phenoxy) is 1. The number of nitrogens with zero attached hydrogens (tertiary/aromatic N) is 1. The Labute approximate surface area is 185 Å². The summed E-state index contributed by atoms with van der Waals surface area (Å²) >= 11 is 0. The molecule has 0 aliphatic carbocycles. The van der Waals surface area contributed by atoms with Gasteiger partial charge in [-0.3, -0.25) is 4.79 Å². The highest BCUT2D eigenvalue weighted by atomic mass is 32.2. The van der Waals surface area contributed by atoms with Crippen molar-refractivity contribution < 1.29 is 17.9 Å². The predicted octanol–water partition coefficient (Wildman–Crippen LogP) is 4.39. The molecule has 3 rings (SSSR count). The molecule has 1 saturated heterocycles. The maximum absolute atomic E-state index is 13.2. The Morgan fingerprint density at radius 3 is 2.35 bits per heavy atom. The maximum Gasteiger partial charge on any atom is 0.255 e. The lowest BCUT2D eigenvalue weighted by Gasteiger charge is -2.26. The van der Waals surface area contributed by atoms with Gasteiger partial charge in [-0.05, 0) is 48.9 Å². The van der Waals surface area contributed by atoms with E-state index < -0.39 is 10.0 Å². The van der Waals surface area contributed by atoms with Crippen molar-refractivity contribution in [1.82, 2.24) is 9.62 Å². The number of hydrogen-bond acceptors (Lipinski definition) is 4. The van der Waals surface area contributed by atoms with Crippen molar-refractivity contribution in [3.05, 3.63) is 59.7 Å². The molecule has 1 fully saturated rings. The zero-order chi connectivity index (χ0) is 22.4. The van der Waals surface area contributed by atoms with Gasteiger partial charge in [0.2, 0.25) is 10.0 Å². The minimum atomic E-state index is -3.64. The Morgan fingerprint density at radius 1 is 1.06 bits per heavy atom. The summed E-state index contributed by atoms with van der Waals surface area (Å²) in [4.78, 5) is 13.4. The highest BCUT2D eigenvalue weighted by Crippen LogP contribution is 2.28. The molecule has 1 N–H and O–H groups in total. The Morgan fingerprint density at radius 2 is 1.74 bits per heavy atom. The van der Waals surface area contributed by atoms with Crippen LogP contribution in [0.2, 0.25) is 0 Å². The number of benzene rings is 2. The van der Waals surface area contributed by atoms with Crippen LogP contribution in [0.4, 0.5) is 0 Å². The topological polar surface area (TPSA) is 75.7 Å². The number of nitrogens with one attached hydrogen (secondary N) is 1. The smallest absolute Gasteiger partial charge is 0.255 e. The normalized spacial score (nSPS) is 16.1. The van der Waals surface area contributed by atoms with E-state index in [4.69, 9.17) is 4.74 Å². The Kier molecular flexibility index (Phi) is 7.73. The third-order valence-electron chi connectivity index (χ3n) is 5.58. The monoisotopic (exact) mass is 444 g/mol. The number of hydrogen-bond donors (Lipinski definition) is 1. The van der Waals surface area contributed by atoms with Crippen molar-refractivity contribution in [3.8, 4) is 5.75 Å². The first-order chi connectivity index (χ1) is 14.8. The average molecular weight is 445 g/mol. The average Bonchev–Trinajstić information content (AvgIpc) is 2.79. The number of methoxy groups -OCH3 is 1. The van der Waals surface area contributed by atoms with Crippen LogP contribution < -0.4 is 10.1 Å². The molecule has 168 valence electrons. The van der Waals surface area contributed by atoms with Crippen LogP contribution in [0, 0.1) is 5.92 Å². The molecule has 2 aromatic carbocycles. The van der Waals surface area contributed by atoms with Gasteiger partial charge < -0.3 is 10.1 Å². The van der Waals surface area contributed by atoms with Gasteiger partial charge in [-0.15, -0.1) is 0 Å². The number of amides is 1. The van der Waals surface area contributed by atoms with Gasteiger partial charge in [0, 0.05) is 13.1 Å². The van der Waals surface area contributed by atoms with Gasteiger partial charge in [0.05, 0.1) is 23.6 Å². The Bertz CT molecular complexity index is 984. The van der Waals surface area contributed by atoms with Gasteiger partial charge in [-0.25, -0.2) is 8.42 Å². The van der Waals surface area contributed by atoms with Crippen LogP contribution in [0.15, 0.2) is 53.4 Å². The lowest BCUT2D eigenvalue weighted by atomic mass is 9.96. The number of carbonyl (C=O) groups is 1. The number of sulfonamides is 1. The van der Waals surface area contributed by atoms with Crippen molar-refractivity contribution in [2.24, 2.45) is 5.92 Å². The molecule has 1 atom stereocenters. The zero-order valence-electron chi connectivity index (χ0n) is 18.5. The fraction of sp³-hybridized carbons (Fsp3) is 0.458. The number of piperidine rings is 1. The Balaban J connectivity index is 1.91. The third kappa shape index (κ3) is 5.66. The molecule has 2 aromatic rings. The van der Waals surface area contributed by atoms with E-state index in [1.807, 2.05) is 30.3 Å². The van der Waals surface area contributed by atoms with Gasteiger partial charge in [0.15, 0.2) is 0 Å². The fourth-order valence-electron chi connectivity index (χ4n) is 3.95. The van der Waals surface area contributed by atoms with E-state index in [0.717, 1.165) is 31.2 Å². The molecule has 1 amide bonds. The molecule has 0 bridgehead atoms. The van der Waals surface area contributed by atoms with E-state index in [1.165, 1.54) is 23.5 Å². The molecule has 1 aliphatic rings. The van der Waals surface area contributed by atoms with Crippen LogP contribution in [0.3, 0.4) is 0 Å². The summed E-state index contributed by atoms with van der Waals surface area (Å²) in [5.74, 6) is 0.381. The summed E-state index contributed by atoms with van der Waals surface area (Å²) in [6.07, 6.45) is 3.52. The van der Waals surface area contributed by atoms with E-state index in [0.29, 0.717) is 24.8 Å². The first-order valence-electron chi connectivity index (χ1n) is 10.9. The summed E-state index contributed by atoms with van der Waals surface area (Å²) in [6, 6.07) is 14.1.